The van der Waals surface area contributed by atoms with E-state index in [1.54, 1.807) is 18.4 Å². The van der Waals surface area contributed by atoms with Gasteiger partial charge in [0, 0.05) is 25.1 Å². The van der Waals surface area contributed by atoms with E-state index < -0.39 is 6.10 Å². The Bertz CT molecular complexity index is 1070. The van der Waals surface area contributed by atoms with Gasteiger partial charge in [0.05, 0.1) is 37.9 Å². The SMILES string of the molecule is COCCN(Cc1nc2sc3c(c2c(=O)[nH]1)CCCC3)C[C@H](O)COCc1ccccc1. The molecular formula is C24H31N3O4S. The third-order valence-corrected chi connectivity index (χ3v) is 6.94. The van der Waals surface area contributed by atoms with E-state index in [2.05, 4.69) is 4.98 Å². The van der Waals surface area contributed by atoms with Crippen molar-refractivity contribution in [1.82, 2.24) is 14.9 Å². The summed E-state index contributed by atoms with van der Waals surface area (Å²) in [6.07, 6.45) is 3.67. The first-order valence-corrected chi connectivity index (χ1v) is 12.0. The molecule has 0 bridgehead atoms. The first kappa shape index (κ1) is 23.1. The van der Waals surface area contributed by atoms with E-state index in [4.69, 9.17) is 14.5 Å². The van der Waals surface area contributed by atoms with Gasteiger partial charge in [-0.25, -0.2) is 4.98 Å². The molecule has 0 unspecified atom stereocenters. The van der Waals surface area contributed by atoms with Crippen LogP contribution in [0.15, 0.2) is 35.1 Å². The van der Waals surface area contributed by atoms with Gasteiger partial charge in [0.1, 0.15) is 10.7 Å². The highest BCUT2D eigenvalue weighted by molar-refractivity contribution is 7.18. The fourth-order valence-corrected chi connectivity index (χ4v) is 5.47. The minimum Gasteiger partial charge on any atom is -0.389 e. The van der Waals surface area contributed by atoms with Gasteiger partial charge in [-0.05, 0) is 36.8 Å². The van der Waals surface area contributed by atoms with Crippen LogP contribution in [0.5, 0.6) is 0 Å². The molecule has 8 heteroatoms. The van der Waals surface area contributed by atoms with Crippen LogP contribution >= 0.6 is 11.3 Å². The number of thiophene rings is 1. The number of aromatic nitrogens is 2. The highest BCUT2D eigenvalue weighted by Gasteiger charge is 2.21. The Morgan fingerprint density at radius 3 is 2.88 bits per heavy atom. The number of aromatic amines is 1. The third-order valence-electron chi connectivity index (χ3n) is 5.75. The van der Waals surface area contributed by atoms with Crippen LogP contribution in [0.25, 0.3) is 10.2 Å². The summed E-state index contributed by atoms with van der Waals surface area (Å²) in [5.74, 6) is 0.620. The van der Waals surface area contributed by atoms with E-state index in [1.165, 1.54) is 16.9 Å². The largest absolute Gasteiger partial charge is 0.389 e. The molecule has 0 amide bonds. The number of nitrogens with zero attached hydrogens (tertiary/aromatic N) is 2. The van der Waals surface area contributed by atoms with E-state index in [0.717, 1.165) is 35.0 Å². The standard InChI is InChI=1S/C24H31N3O4S/c1-30-12-11-27(13-18(28)16-31-15-17-7-3-2-4-8-17)14-21-25-23(29)22-19-9-5-6-10-20(19)32-24(22)26-21/h2-4,7-8,18,28H,5-6,9-16H2,1H3,(H,25,26,29)/t18-/m0/s1. The number of nitrogens with one attached hydrogen (secondary N) is 1. The summed E-state index contributed by atoms with van der Waals surface area (Å²) in [7, 11) is 1.65. The van der Waals surface area contributed by atoms with Crippen molar-refractivity contribution >= 4 is 21.6 Å². The van der Waals surface area contributed by atoms with Crippen LogP contribution in [0.4, 0.5) is 0 Å². The van der Waals surface area contributed by atoms with Gasteiger partial charge in [0.15, 0.2) is 0 Å². The number of aryl methyl sites for hydroxylation is 2. The molecule has 1 aliphatic rings. The smallest absolute Gasteiger partial charge is 0.259 e. The predicted octanol–water partition coefficient (Wildman–Crippen LogP) is 2.89. The van der Waals surface area contributed by atoms with Crippen LogP contribution in [-0.4, -0.2) is 59.5 Å². The number of aliphatic hydroxyl groups is 1. The van der Waals surface area contributed by atoms with Crippen LogP contribution in [0.3, 0.4) is 0 Å². The monoisotopic (exact) mass is 457 g/mol. The van der Waals surface area contributed by atoms with Gasteiger partial charge >= 0.3 is 0 Å². The summed E-state index contributed by atoms with van der Waals surface area (Å²) >= 11 is 1.65. The van der Waals surface area contributed by atoms with Crippen molar-refractivity contribution in [1.29, 1.82) is 0 Å². The van der Waals surface area contributed by atoms with E-state index in [1.807, 2.05) is 35.2 Å². The molecule has 3 aromatic rings. The van der Waals surface area contributed by atoms with E-state index >= 15 is 0 Å². The second kappa shape index (κ2) is 11.2. The van der Waals surface area contributed by atoms with Crippen molar-refractivity contribution in [3.63, 3.8) is 0 Å². The number of rotatable bonds is 11. The maximum absolute atomic E-state index is 12.8. The molecule has 0 radical (unpaired) electrons. The molecule has 4 rings (SSSR count). The summed E-state index contributed by atoms with van der Waals surface area (Å²) in [6.45, 7) is 2.68. The number of aliphatic hydroxyl groups excluding tert-OH is 1. The summed E-state index contributed by atoms with van der Waals surface area (Å²) < 4.78 is 10.9. The van der Waals surface area contributed by atoms with Crippen molar-refractivity contribution in [2.75, 3.05) is 33.4 Å². The van der Waals surface area contributed by atoms with Gasteiger partial charge in [0.25, 0.3) is 5.56 Å². The van der Waals surface area contributed by atoms with Crippen LogP contribution in [0.1, 0.15) is 34.7 Å². The molecule has 1 aliphatic carbocycles. The lowest BCUT2D eigenvalue weighted by molar-refractivity contribution is 0.00437. The fraction of sp³-hybridized carbons (Fsp3) is 0.500. The molecule has 1 aromatic carbocycles. The lowest BCUT2D eigenvalue weighted by atomic mass is 9.97. The molecule has 0 spiro atoms. The van der Waals surface area contributed by atoms with Gasteiger partial charge in [-0.1, -0.05) is 30.3 Å². The van der Waals surface area contributed by atoms with E-state index in [9.17, 15) is 9.90 Å². The minimum absolute atomic E-state index is 0.0529. The highest BCUT2D eigenvalue weighted by Crippen LogP contribution is 2.33. The lowest BCUT2D eigenvalue weighted by Crippen LogP contribution is -2.37. The second-order valence-electron chi connectivity index (χ2n) is 8.29. The Hall–Kier alpha value is -2.10. The normalized spacial score (nSPS) is 14.7. The average Bonchev–Trinajstić information content (AvgIpc) is 3.17. The first-order chi connectivity index (χ1) is 15.6. The topological polar surface area (TPSA) is 87.7 Å². The Labute approximate surface area is 192 Å². The van der Waals surface area contributed by atoms with Crippen molar-refractivity contribution in [2.24, 2.45) is 0 Å². The summed E-state index contributed by atoms with van der Waals surface area (Å²) in [4.78, 5) is 24.7. The van der Waals surface area contributed by atoms with Crippen molar-refractivity contribution in [2.45, 2.75) is 44.9 Å². The van der Waals surface area contributed by atoms with Crippen LogP contribution in [-0.2, 0) is 35.5 Å². The molecule has 2 heterocycles. The minimum atomic E-state index is -0.653. The number of methoxy groups -OCH3 is 1. The third kappa shape index (κ3) is 5.82. The summed E-state index contributed by atoms with van der Waals surface area (Å²) in [5, 5.41) is 11.3. The molecular weight excluding hydrogens is 426 g/mol. The average molecular weight is 458 g/mol. The van der Waals surface area contributed by atoms with Crippen molar-refractivity contribution in [3.8, 4) is 0 Å². The van der Waals surface area contributed by atoms with E-state index in [-0.39, 0.29) is 12.2 Å². The zero-order valence-corrected chi connectivity index (χ0v) is 19.3. The Morgan fingerprint density at radius 2 is 2.06 bits per heavy atom. The molecule has 0 saturated carbocycles. The first-order valence-electron chi connectivity index (χ1n) is 11.2. The number of hydrogen-bond donors (Lipinski definition) is 2. The van der Waals surface area contributed by atoms with Gasteiger partial charge in [-0.2, -0.15) is 0 Å². The quantitative estimate of drug-likeness (QED) is 0.460. The number of ether oxygens (including phenoxy) is 2. The predicted molar refractivity (Wildman–Crippen MR) is 126 cm³/mol. The van der Waals surface area contributed by atoms with Gasteiger partial charge in [0.2, 0.25) is 0 Å². The maximum Gasteiger partial charge on any atom is 0.259 e. The van der Waals surface area contributed by atoms with Gasteiger partial charge in [-0.15, -0.1) is 11.3 Å². The molecule has 1 atom stereocenters. The van der Waals surface area contributed by atoms with Gasteiger partial charge in [-0.3, -0.25) is 9.69 Å². The Morgan fingerprint density at radius 1 is 1.25 bits per heavy atom. The highest BCUT2D eigenvalue weighted by atomic mass is 32.1. The Balaban J connectivity index is 1.40. The number of fused-ring (bicyclic) bond motifs is 3. The summed E-state index contributed by atoms with van der Waals surface area (Å²) in [6, 6.07) is 9.90. The number of hydrogen-bond acceptors (Lipinski definition) is 7. The maximum atomic E-state index is 12.8. The zero-order valence-electron chi connectivity index (χ0n) is 18.5. The molecule has 2 N–H and O–H groups in total. The Kier molecular flexibility index (Phi) is 8.05. The van der Waals surface area contributed by atoms with Crippen LogP contribution < -0.4 is 5.56 Å². The van der Waals surface area contributed by atoms with E-state index in [0.29, 0.717) is 38.7 Å². The van der Waals surface area contributed by atoms with Crippen LogP contribution in [0, 0.1) is 0 Å². The van der Waals surface area contributed by atoms with Gasteiger partial charge < -0.3 is 19.6 Å². The molecule has 0 saturated heterocycles. The number of H-pyrrole nitrogens is 1. The van der Waals surface area contributed by atoms with Crippen LogP contribution in [0.2, 0.25) is 0 Å². The summed E-state index contributed by atoms with van der Waals surface area (Å²) in [5.41, 5.74) is 2.21. The fourth-order valence-electron chi connectivity index (χ4n) is 4.19. The number of benzene rings is 1. The molecule has 2 aromatic heterocycles. The zero-order chi connectivity index (χ0) is 22.3. The molecule has 7 nitrogen and oxygen atoms in total. The lowest BCUT2D eigenvalue weighted by Gasteiger charge is -2.24. The molecule has 32 heavy (non-hydrogen) atoms. The molecule has 0 fully saturated rings. The second-order valence-corrected chi connectivity index (χ2v) is 9.37. The molecule has 0 aliphatic heterocycles. The van der Waals surface area contributed by atoms with Crippen molar-refractivity contribution < 1.29 is 14.6 Å². The van der Waals surface area contributed by atoms with Crippen molar-refractivity contribution in [3.05, 3.63) is 62.5 Å². The molecule has 172 valence electrons.